The van der Waals surface area contributed by atoms with Gasteiger partial charge in [0.1, 0.15) is 11.5 Å². The van der Waals surface area contributed by atoms with E-state index < -0.39 is 20.8 Å². The van der Waals surface area contributed by atoms with Crippen molar-refractivity contribution in [2.24, 2.45) is 0 Å². The first-order chi connectivity index (χ1) is 10.8. The predicted octanol–water partition coefficient (Wildman–Crippen LogP) is 2.71. The monoisotopic (exact) mass is 335 g/mol. The van der Waals surface area contributed by atoms with Gasteiger partial charge in [-0.15, -0.1) is 0 Å². The molecular weight excluding hydrogens is 322 g/mol. The normalized spacial score (nSPS) is 11.0. The molecule has 0 amide bonds. The van der Waals surface area contributed by atoms with Crippen molar-refractivity contribution in [2.45, 2.75) is 12.7 Å². The second-order valence-corrected chi connectivity index (χ2v) is 6.36. The molecule has 7 nitrogen and oxygen atoms in total. The van der Waals surface area contributed by atoms with Crippen molar-refractivity contribution >= 4 is 21.6 Å². The predicted molar refractivity (Wildman–Crippen MR) is 82.8 cm³/mol. The molecule has 0 spiro atoms. The highest BCUT2D eigenvalue weighted by atomic mass is 32.2. The van der Waals surface area contributed by atoms with Gasteiger partial charge in [0.05, 0.1) is 4.92 Å². The molecular formula is C15H13NO6S. The lowest BCUT2D eigenvalue weighted by Gasteiger charge is -2.07. The van der Waals surface area contributed by atoms with Crippen molar-refractivity contribution in [1.82, 2.24) is 0 Å². The molecule has 8 heteroatoms. The van der Waals surface area contributed by atoms with Crippen LogP contribution in [0.5, 0.6) is 5.75 Å². The van der Waals surface area contributed by atoms with Crippen LogP contribution in [0.25, 0.3) is 0 Å². The number of hydrogen-bond donors (Lipinski definition) is 0. The standard InChI is InChI=1S/C15H13NO6S/c1-11(17)13-4-8-15(9-5-13)22-23(20,21)10-12-2-6-14(7-3-12)16(18)19/h2-9H,10H2,1H3. The van der Waals surface area contributed by atoms with Crippen molar-refractivity contribution in [1.29, 1.82) is 0 Å². The number of carbonyl (C=O) groups is 1. The highest BCUT2D eigenvalue weighted by Crippen LogP contribution is 2.18. The molecule has 0 unspecified atom stereocenters. The fourth-order valence-corrected chi connectivity index (χ4v) is 2.90. The molecule has 0 aliphatic heterocycles. The van der Waals surface area contributed by atoms with Gasteiger partial charge in [-0.05, 0) is 36.8 Å². The van der Waals surface area contributed by atoms with Gasteiger partial charge in [-0.3, -0.25) is 14.9 Å². The van der Waals surface area contributed by atoms with Gasteiger partial charge in [0.2, 0.25) is 0 Å². The van der Waals surface area contributed by atoms with Gasteiger partial charge in [0.15, 0.2) is 5.78 Å². The summed E-state index contributed by atoms with van der Waals surface area (Å²) in [4.78, 5) is 21.1. The first kappa shape index (κ1) is 16.6. The summed E-state index contributed by atoms with van der Waals surface area (Å²) in [6.45, 7) is 1.40. The van der Waals surface area contributed by atoms with Gasteiger partial charge in [-0.1, -0.05) is 12.1 Å². The number of rotatable bonds is 6. The summed E-state index contributed by atoms with van der Waals surface area (Å²) in [6.07, 6.45) is 0. The number of nitrogens with zero attached hydrogens (tertiary/aromatic N) is 1. The average Bonchev–Trinajstić information content (AvgIpc) is 2.47. The second kappa shape index (κ2) is 6.57. The maximum atomic E-state index is 12.0. The van der Waals surface area contributed by atoms with E-state index in [2.05, 4.69) is 0 Å². The van der Waals surface area contributed by atoms with Crippen LogP contribution in [-0.2, 0) is 15.9 Å². The lowest BCUT2D eigenvalue weighted by molar-refractivity contribution is -0.384. The van der Waals surface area contributed by atoms with Gasteiger partial charge >= 0.3 is 10.1 Å². The molecule has 0 heterocycles. The van der Waals surface area contributed by atoms with E-state index in [9.17, 15) is 23.3 Å². The van der Waals surface area contributed by atoms with Crippen LogP contribution in [0, 0.1) is 10.1 Å². The van der Waals surface area contributed by atoms with Crippen LogP contribution in [0.1, 0.15) is 22.8 Å². The van der Waals surface area contributed by atoms with Gasteiger partial charge < -0.3 is 4.18 Å². The van der Waals surface area contributed by atoms with E-state index in [0.717, 1.165) is 0 Å². The number of nitro benzene ring substituents is 1. The SMILES string of the molecule is CC(=O)c1ccc(OS(=O)(=O)Cc2ccc([N+](=O)[O-])cc2)cc1. The van der Waals surface area contributed by atoms with Crippen molar-refractivity contribution in [3.8, 4) is 5.75 Å². The molecule has 0 aliphatic carbocycles. The van der Waals surface area contributed by atoms with Crippen molar-refractivity contribution in [3.05, 3.63) is 69.8 Å². The average molecular weight is 335 g/mol. The van der Waals surface area contributed by atoms with Gasteiger partial charge in [-0.25, -0.2) is 0 Å². The maximum absolute atomic E-state index is 12.0. The molecule has 0 atom stereocenters. The summed E-state index contributed by atoms with van der Waals surface area (Å²) < 4.78 is 28.9. The number of nitro groups is 1. The number of carbonyl (C=O) groups excluding carboxylic acids is 1. The Balaban J connectivity index is 2.09. The van der Waals surface area contributed by atoms with Crippen LogP contribution in [0.15, 0.2) is 48.5 Å². The van der Waals surface area contributed by atoms with Crippen LogP contribution in [0.2, 0.25) is 0 Å². The summed E-state index contributed by atoms with van der Waals surface area (Å²) >= 11 is 0. The molecule has 0 fully saturated rings. The Kier molecular flexibility index (Phi) is 4.75. The summed E-state index contributed by atoms with van der Waals surface area (Å²) in [5.41, 5.74) is 0.702. The third-order valence-corrected chi connectivity index (χ3v) is 4.11. The molecule has 120 valence electrons. The molecule has 0 aliphatic rings. The highest BCUT2D eigenvalue weighted by molar-refractivity contribution is 7.86. The van der Waals surface area contributed by atoms with E-state index in [1.54, 1.807) is 0 Å². The second-order valence-electron chi connectivity index (χ2n) is 4.79. The zero-order chi connectivity index (χ0) is 17.0. The summed E-state index contributed by atoms with van der Waals surface area (Å²) in [6, 6.07) is 10.9. The summed E-state index contributed by atoms with van der Waals surface area (Å²) in [7, 11) is -3.91. The maximum Gasteiger partial charge on any atom is 0.313 e. The molecule has 2 rings (SSSR count). The first-order valence-corrected chi connectivity index (χ1v) is 8.11. The lowest BCUT2D eigenvalue weighted by atomic mass is 10.1. The molecule has 0 aromatic heterocycles. The summed E-state index contributed by atoms with van der Waals surface area (Å²) in [5, 5.41) is 10.6. The zero-order valence-corrected chi connectivity index (χ0v) is 12.9. The van der Waals surface area contributed by atoms with E-state index in [-0.39, 0.29) is 17.2 Å². The van der Waals surface area contributed by atoms with Crippen LogP contribution >= 0.6 is 0 Å². The number of benzene rings is 2. The van der Waals surface area contributed by atoms with Crippen LogP contribution in [0.4, 0.5) is 5.69 Å². The minimum Gasteiger partial charge on any atom is -0.382 e. The van der Waals surface area contributed by atoms with Crippen LogP contribution in [-0.4, -0.2) is 19.1 Å². The Labute approximate surface area is 132 Å². The van der Waals surface area contributed by atoms with Crippen LogP contribution < -0.4 is 4.18 Å². The quantitative estimate of drug-likeness (QED) is 0.348. The van der Waals surface area contributed by atoms with Gasteiger partial charge in [0, 0.05) is 17.7 Å². The molecule has 2 aromatic rings. The topological polar surface area (TPSA) is 104 Å². The van der Waals surface area contributed by atoms with E-state index in [1.807, 2.05) is 0 Å². The molecule has 23 heavy (non-hydrogen) atoms. The van der Waals surface area contributed by atoms with Crippen molar-refractivity contribution in [2.75, 3.05) is 0 Å². The van der Waals surface area contributed by atoms with E-state index in [0.29, 0.717) is 11.1 Å². The summed E-state index contributed by atoms with van der Waals surface area (Å²) in [5.74, 6) is -0.457. The van der Waals surface area contributed by atoms with E-state index in [1.165, 1.54) is 55.5 Å². The molecule has 0 saturated carbocycles. The largest absolute Gasteiger partial charge is 0.382 e. The minimum absolute atomic E-state index is 0.0944. The van der Waals surface area contributed by atoms with E-state index in [4.69, 9.17) is 4.18 Å². The Morgan fingerprint density at radius 2 is 1.65 bits per heavy atom. The van der Waals surface area contributed by atoms with Gasteiger partial charge in [-0.2, -0.15) is 8.42 Å². The van der Waals surface area contributed by atoms with Gasteiger partial charge in [0.25, 0.3) is 5.69 Å². The first-order valence-electron chi connectivity index (χ1n) is 6.53. The Morgan fingerprint density at radius 1 is 1.09 bits per heavy atom. The zero-order valence-electron chi connectivity index (χ0n) is 12.1. The molecule has 0 N–H and O–H groups in total. The lowest BCUT2D eigenvalue weighted by Crippen LogP contribution is -2.12. The third-order valence-electron chi connectivity index (χ3n) is 2.97. The number of hydrogen-bond acceptors (Lipinski definition) is 6. The van der Waals surface area contributed by atoms with Crippen molar-refractivity contribution in [3.63, 3.8) is 0 Å². The third kappa shape index (κ3) is 4.62. The number of non-ortho nitro benzene ring substituents is 1. The van der Waals surface area contributed by atoms with E-state index >= 15 is 0 Å². The minimum atomic E-state index is -3.91. The highest BCUT2D eigenvalue weighted by Gasteiger charge is 2.15. The number of Topliss-reactive ketones (excluding diaryl/α,β-unsaturated/α-hetero) is 1. The van der Waals surface area contributed by atoms with Crippen LogP contribution in [0.3, 0.4) is 0 Å². The molecule has 0 bridgehead atoms. The Bertz CT molecular complexity index is 760. The Morgan fingerprint density at radius 3 is 2.13 bits per heavy atom. The fraction of sp³-hybridized carbons (Fsp3) is 0.133. The fourth-order valence-electron chi connectivity index (χ4n) is 1.84. The molecule has 2 aromatic carbocycles. The number of ketones is 1. The smallest absolute Gasteiger partial charge is 0.313 e. The molecule has 0 saturated heterocycles. The molecule has 0 radical (unpaired) electrons. The van der Waals surface area contributed by atoms with Crippen molar-refractivity contribution < 1.29 is 22.3 Å². The Hall–Kier alpha value is -2.74.